The molecule has 1 amide bonds. The van der Waals surface area contributed by atoms with Gasteiger partial charge in [0.25, 0.3) is 0 Å². The highest BCUT2D eigenvalue weighted by molar-refractivity contribution is 5.67. The number of hydrogen-bond donors (Lipinski definition) is 1. The van der Waals surface area contributed by atoms with Crippen LogP contribution in [0.25, 0.3) is 0 Å². The summed E-state index contributed by atoms with van der Waals surface area (Å²) in [5.74, 6) is 0. The Morgan fingerprint density at radius 3 is 2.95 bits per heavy atom. The number of alkyl carbamates (subject to hydrolysis) is 1. The van der Waals surface area contributed by atoms with Crippen molar-refractivity contribution >= 4 is 6.09 Å². The average molecular weight is 305 g/mol. The Labute approximate surface area is 133 Å². The standard InChI is InChI=1S/C17H27N3O2/c1-17(2,3)22-16(21)19-12-15-8-4-5-10-20(15)13-14-7-6-9-18-11-14/h6-7,9,11,15H,4-5,8,10,12-13H2,1-3H3,(H,19,21)/t15-/m0/s1. The number of hydrogen-bond acceptors (Lipinski definition) is 4. The predicted octanol–water partition coefficient (Wildman–Crippen LogP) is 2.96. The zero-order valence-corrected chi connectivity index (χ0v) is 13.8. The Morgan fingerprint density at radius 1 is 1.45 bits per heavy atom. The van der Waals surface area contributed by atoms with Gasteiger partial charge in [-0.3, -0.25) is 9.88 Å². The SMILES string of the molecule is CC(C)(C)OC(=O)NC[C@@H]1CCCCN1Cc1cccnc1. The molecule has 1 aliphatic rings. The van der Waals surface area contributed by atoms with E-state index in [1.54, 1.807) is 6.20 Å². The first kappa shape index (κ1) is 16.7. The van der Waals surface area contributed by atoms with E-state index in [-0.39, 0.29) is 6.09 Å². The van der Waals surface area contributed by atoms with Crippen molar-refractivity contribution in [1.82, 2.24) is 15.2 Å². The molecule has 0 saturated carbocycles. The lowest BCUT2D eigenvalue weighted by atomic mass is 10.0. The van der Waals surface area contributed by atoms with Crippen LogP contribution >= 0.6 is 0 Å². The Hall–Kier alpha value is -1.62. The number of piperidine rings is 1. The van der Waals surface area contributed by atoms with Crippen LogP contribution in [0.15, 0.2) is 24.5 Å². The van der Waals surface area contributed by atoms with Crippen molar-refractivity contribution in [2.45, 2.75) is 58.2 Å². The van der Waals surface area contributed by atoms with Crippen molar-refractivity contribution in [2.75, 3.05) is 13.1 Å². The molecule has 1 saturated heterocycles. The van der Waals surface area contributed by atoms with Gasteiger partial charge in [-0.15, -0.1) is 0 Å². The van der Waals surface area contributed by atoms with Gasteiger partial charge in [0.15, 0.2) is 0 Å². The normalized spacial score (nSPS) is 19.7. The van der Waals surface area contributed by atoms with E-state index in [1.165, 1.54) is 18.4 Å². The lowest BCUT2D eigenvalue weighted by molar-refractivity contribution is 0.0492. The van der Waals surface area contributed by atoms with Crippen LogP contribution in [0.2, 0.25) is 0 Å². The second-order valence-corrected chi connectivity index (χ2v) is 6.86. The average Bonchev–Trinajstić information content (AvgIpc) is 2.46. The van der Waals surface area contributed by atoms with Gasteiger partial charge in [-0.2, -0.15) is 0 Å². The molecule has 22 heavy (non-hydrogen) atoms. The molecule has 2 rings (SSSR count). The number of amides is 1. The molecule has 0 bridgehead atoms. The fraction of sp³-hybridized carbons (Fsp3) is 0.647. The highest BCUT2D eigenvalue weighted by Gasteiger charge is 2.24. The van der Waals surface area contributed by atoms with Gasteiger partial charge < -0.3 is 10.1 Å². The molecule has 0 aliphatic carbocycles. The van der Waals surface area contributed by atoms with E-state index < -0.39 is 5.60 Å². The number of carbonyl (C=O) groups excluding carboxylic acids is 1. The summed E-state index contributed by atoms with van der Waals surface area (Å²) in [6.45, 7) is 8.21. The van der Waals surface area contributed by atoms with Gasteiger partial charge in [-0.1, -0.05) is 12.5 Å². The summed E-state index contributed by atoms with van der Waals surface area (Å²) in [7, 11) is 0. The molecule has 1 aliphatic heterocycles. The molecule has 5 heteroatoms. The van der Waals surface area contributed by atoms with E-state index in [0.29, 0.717) is 12.6 Å². The van der Waals surface area contributed by atoms with Crippen LogP contribution in [0.3, 0.4) is 0 Å². The molecular formula is C17H27N3O2. The molecule has 0 spiro atoms. The molecule has 1 aromatic heterocycles. The first-order valence-electron chi connectivity index (χ1n) is 8.04. The molecule has 1 atom stereocenters. The van der Waals surface area contributed by atoms with Gasteiger partial charge in [0.05, 0.1) is 0 Å². The third kappa shape index (κ3) is 5.64. The van der Waals surface area contributed by atoms with Crippen molar-refractivity contribution in [3.05, 3.63) is 30.1 Å². The number of nitrogens with one attached hydrogen (secondary N) is 1. The number of rotatable bonds is 4. The number of likely N-dealkylation sites (tertiary alicyclic amines) is 1. The summed E-state index contributed by atoms with van der Waals surface area (Å²) in [6.07, 6.45) is 6.90. The third-order valence-corrected chi connectivity index (χ3v) is 3.74. The van der Waals surface area contributed by atoms with Gasteiger partial charge in [0.1, 0.15) is 5.60 Å². The second kappa shape index (κ2) is 7.58. The van der Waals surface area contributed by atoms with E-state index in [9.17, 15) is 4.79 Å². The third-order valence-electron chi connectivity index (χ3n) is 3.74. The second-order valence-electron chi connectivity index (χ2n) is 6.86. The fourth-order valence-electron chi connectivity index (χ4n) is 2.74. The minimum Gasteiger partial charge on any atom is -0.444 e. The van der Waals surface area contributed by atoms with Crippen LogP contribution in [-0.2, 0) is 11.3 Å². The number of carbonyl (C=O) groups is 1. The van der Waals surface area contributed by atoms with Crippen LogP contribution < -0.4 is 5.32 Å². The Kier molecular flexibility index (Phi) is 5.77. The number of aromatic nitrogens is 1. The summed E-state index contributed by atoms with van der Waals surface area (Å²) in [6, 6.07) is 4.43. The number of nitrogens with zero attached hydrogens (tertiary/aromatic N) is 2. The first-order valence-corrected chi connectivity index (χ1v) is 8.04. The molecule has 0 radical (unpaired) electrons. The van der Waals surface area contributed by atoms with E-state index in [4.69, 9.17) is 4.74 Å². The van der Waals surface area contributed by atoms with Gasteiger partial charge in [0, 0.05) is 31.5 Å². The zero-order chi connectivity index (χ0) is 16.0. The maximum Gasteiger partial charge on any atom is 0.407 e. The van der Waals surface area contributed by atoms with Crippen LogP contribution in [-0.4, -0.2) is 40.7 Å². The Bertz CT molecular complexity index is 471. The van der Waals surface area contributed by atoms with Crippen molar-refractivity contribution in [3.8, 4) is 0 Å². The lowest BCUT2D eigenvalue weighted by Gasteiger charge is -2.35. The van der Waals surface area contributed by atoms with E-state index >= 15 is 0 Å². The minimum absolute atomic E-state index is 0.334. The van der Waals surface area contributed by atoms with Crippen LogP contribution in [0.5, 0.6) is 0 Å². The van der Waals surface area contributed by atoms with E-state index in [2.05, 4.69) is 21.3 Å². The largest absolute Gasteiger partial charge is 0.444 e. The summed E-state index contributed by atoms with van der Waals surface area (Å²) < 4.78 is 5.30. The van der Waals surface area contributed by atoms with E-state index in [1.807, 2.05) is 33.0 Å². The maximum atomic E-state index is 11.8. The summed E-state index contributed by atoms with van der Waals surface area (Å²) >= 11 is 0. The van der Waals surface area contributed by atoms with Crippen LogP contribution in [0, 0.1) is 0 Å². The van der Waals surface area contributed by atoms with Gasteiger partial charge >= 0.3 is 6.09 Å². The summed E-state index contributed by atoms with van der Waals surface area (Å²) in [4.78, 5) is 18.4. The monoisotopic (exact) mass is 305 g/mol. The predicted molar refractivity (Wildman–Crippen MR) is 86.5 cm³/mol. The highest BCUT2D eigenvalue weighted by Crippen LogP contribution is 2.19. The topological polar surface area (TPSA) is 54.5 Å². The molecule has 0 aromatic carbocycles. The molecule has 1 N–H and O–H groups in total. The van der Waals surface area contributed by atoms with E-state index in [0.717, 1.165) is 19.5 Å². The summed E-state index contributed by atoms with van der Waals surface area (Å²) in [5.41, 5.74) is 0.762. The molecule has 122 valence electrons. The molecular weight excluding hydrogens is 278 g/mol. The van der Waals surface area contributed by atoms with Crippen LogP contribution in [0.1, 0.15) is 45.6 Å². The Balaban J connectivity index is 1.86. The molecule has 2 heterocycles. The quantitative estimate of drug-likeness (QED) is 0.929. The van der Waals surface area contributed by atoms with Crippen molar-refractivity contribution in [1.29, 1.82) is 0 Å². The van der Waals surface area contributed by atoms with Gasteiger partial charge in [-0.25, -0.2) is 4.79 Å². The van der Waals surface area contributed by atoms with Gasteiger partial charge in [0.2, 0.25) is 0 Å². The maximum absolute atomic E-state index is 11.8. The smallest absolute Gasteiger partial charge is 0.407 e. The lowest BCUT2D eigenvalue weighted by Crippen LogP contribution is -2.47. The number of pyridine rings is 1. The van der Waals surface area contributed by atoms with Crippen molar-refractivity contribution in [3.63, 3.8) is 0 Å². The highest BCUT2D eigenvalue weighted by atomic mass is 16.6. The number of ether oxygens (including phenoxy) is 1. The van der Waals surface area contributed by atoms with Crippen molar-refractivity contribution in [2.24, 2.45) is 0 Å². The van der Waals surface area contributed by atoms with Crippen LogP contribution in [0.4, 0.5) is 4.79 Å². The Morgan fingerprint density at radius 2 is 2.27 bits per heavy atom. The van der Waals surface area contributed by atoms with Gasteiger partial charge in [-0.05, 0) is 51.8 Å². The first-order chi connectivity index (χ1) is 10.4. The fourth-order valence-corrected chi connectivity index (χ4v) is 2.74. The summed E-state index contributed by atoms with van der Waals surface area (Å²) in [5, 5.41) is 2.91. The molecule has 5 nitrogen and oxygen atoms in total. The van der Waals surface area contributed by atoms with Crippen molar-refractivity contribution < 1.29 is 9.53 Å². The zero-order valence-electron chi connectivity index (χ0n) is 13.8. The molecule has 1 aromatic rings. The molecule has 1 fully saturated rings. The molecule has 0 unspecified atom stereocenters. The minimum atomic E-state index is -0.452.